The van der Waals surface area contributed by atoms with Gasteiger partial charge in [0.15, 0.2) is 5.69 Å². The summed E-state index contributed by atoms with van der Waals surface area (Å²) >= 11 is 0. The van der Waals surface area contributed by atoms with Gasteiger partial charge in [0.05, 0.1) is 18.4 Å². The molecule has 0 aliphatic carbocycles. The van der Waals surface area contributed by atoms with Crippen LogP contribution in [0.4, 0.5) is 0 Å². The van der Waals surface area contributed by atoms with Crippen LogP contribution < -0.4 is 5.32 Å². The number of benzene rings is 1. The van der Waals surface area contributed by atoms with Crippen molar-refractivity contribution in [2.75, 3.05) is 0 Å². The van der Waals surface area contributed by atoms with Gasteiger partial charge in [-0.15, -0.1) is 0 Å². The standard InChI is InChI=1S/C20H18N4O3/c1-12-6-13(2)8-15(7-12)18(14-4-3-5-21-9-14)24-19(25)16-10-23-17(11-22-16)20(26)27/h3-11,18H,1-2H3,(H,24,25)(H,26,27). The maximum absolute atomic E-state index is 12.7. The zero-order valence-electron chi connectivity index (χ0n) is 14.9. The quantitative estimate of drug-likeness (QED) is 0.723. The van der Waals surface area contributed by atoms with Gasteiger partial charge in [-0.1, -0.05) is 35.4 Å². The van der Waals surface area contributed by atoms with E-state index in [0.29, 0.717) is 0 Å². The van der Waals surface area contributed by atoms with Crippen molar-refractivity contribution in [3.8, 4) is 0 Å². The molecule has 2 N–H and O–H groups in total. The molecule has 0 aliphatic rings. The highest BCUT2D eigenvalue weighted by Gasteiger charge is 2.20. The molecular weight excluding hydrogens is 344 g/mol. The number of pyridine rings is 1. The highest BCUT2D eigenvalue weighted by Crippen LogP contribution is 2.24. The molecule has 0 aliphatic heterocycles. The van der Waals surface area contributed by atoms with Crippen LogP contribution in [-0.4, -0.2) is 31.9 Å². The maximum atomic E-state index is 12.7. The van der Waals surface area contributed by atoms with Gasteiger partial charge in [0.2, 0.25) is 0 Å². The molecule has 136 valence electrons. The Morgan fingerprint density at radius 3 is 2.19 bits per heavy atom. The number of nitrogens with zero attached hydrogens (tertiary/aromatic N) is 3. The van der Waals surface area contributed by atoms with Crippen LogP contribution in [0.15, 0.2) is 55.1 Å². The summed E-state index contributed by atoms with van der Waals surface area (Å²) < 4.78 is 0. The van der Waals surface area contributed by atoms with Crippen molar-refractivity contribution in [2.24, 2.45) is 0 Å². The van der Waals surface area contributed by atoms with Crippen molar-refractivity contribution < 1.29 is 14.7 Å². The van der Waals surface area contributed by atoms with E-state index in [9.17, 15) is 9.59 Å². The van der Waals surface area contributed by atoms with Gasteiger partial charge >= 0.3 is 5.97 Å². The average molecular weight is 362 g/mol. The molecule has 2 heterocycles. The zero-order valence-corrected chi connectivity index (χ0v) is 14.9. The Kier molecular flexibility index (Phi) is 5.21. The summed E-state index contributed by atoms with van der Waals surface area (Å²) in [6.07, 6.45) is 5.58. The van der Waals surface area contributed by atoms with Gasteiger partial charge < -0.3 is 10.4 Å². The minimum absolute atomic E-state index is 0.0401. The lowest BCUT2D eigenvalue weighted by atomic mass is 9.96. The van der Waals surface area contributed by atoms with Gasteiger partial charge in [-0.25, -0.2) is 14.8 Å². The topological polar surface area (TPSA) is 105 Å². The van der Waals surface area contributed by atoms with E-state index in [1.54, 1.807) is 18.5 Å². The molecule has 0 saturated carbocycles. The second-order valence-corrected chi connectivity index (χ2v) is 6.21. The first-order valence-corrected chi connectivity index (χ1v) is 8.28. The predicted octanol–water partition coefficient (Wildman–Crippen LogP) is 2.71. The van der Waals surface area contributed by atoms with E-state index in [1.165, 1.54) is 0 Å². The molecule has 1 atom stereocenters. The molecule has 3 aromatic rings. The van der Waals surface area contributed by atoms with E-state index in [0.717, 1.165) is 34.6 Å². The fraction of sp³-hybridized carbons (Fsp3) is 0.150. The van der Waals surface area contributed by atoms with Crippen LogP contribution in [0.2, 0.25) is 0 Å². The van der Waals surface area contributed by atoms with Crippen LogP contribution in [-0.2, 0) is 0 Å². The normalized spacial score (nSPS) is 11.6. The number of aromatic carboxylic acids is 1. The first-order valence-electron chi connectivity index (χ1n) is 8.28. The minimum atomic E-state index is -1.20. The molecule has 0 radical (unpaired) electrons. The van der Waals surface area contributed by atoms with E-state index in [4.69, 9.17) is 5.11 Å². The second-order valence-electron chi connectivity index (χ2n) is 6.21. The molecule has 3 rings (SSSR count). The zero-order chi connectivity index (χ0) is 19.4. The van der Waals surface area contributed by atoms with Gasteiger partial charge in [-0.2, -0.15) is 0 Å². The van der Waals surface area contributed by atoms with Crippen molar-refractivity contribution in [3.05, 3.63) is 88.8 Å². The fourth-order valence-corrected chi connectivity index (χ4v) is 2.84. The third kappa shape index (κ3) is 4.33. The number of aromatic nitrogens is 3. The molecule has 2 aromatic heterocycles. The lowest BCUT2D eigenvalue weighted by Gasteiger charge is -2.20. The average Bonchev–Trinajstić information content (AvgIpc) is 2.66. The van der Waals surface area contributed by atoms with Gasteiger partial charge in [0.25, 0.3) is 5.91 Å². The van der Waals surface area contributed by atoms with Gasteiger partial charge in [0, 0.05) is 12.4 Å². The van der Waals surface area contributed by atoms with Crippen molar-refractivity contribution in [1.29, 1.82) is 0 Å². The van der Waals surface area contributed by atoms with Crippen molar-refractivity contribution in [3.63, 3.8) is 0 Å². The van der Waals surface area contributed by atoms with E-state index < -0.39 is 17.9 Å². The molecule has 0 spiro atoms. The van der Waals surface area contributed by atoms with Crippen LogP contribution in [0.5, 0.6) is 0 Å². The van der Waals surface area contributed by atoms with E-state index in [-0.39, 0.29) is 11.4 Å². The number of aryl methyl sites for hydroxylation is 2. The van der Waals surface area contributed by atoms with Crippen molar-refractivity contribution in [1.82, 2.24) is 20.3 Å². The molecule has 0 bridgehead atoms. The number of hydrogen-bond acceptors (Lipinski definition) is 5. The van der Waals surface area contributed by atoms with E-state index in [2.05, 4.69) is 26.3 Å². The van der Waals surface area contributed by atoms with Crippen LogP contribution in [0, 0.1) is 13.8 Å². The van der Waals surface area contributed by atoms with Crippen LogP contribution in [0.3, 0.4) is 0 Å². The van der Waals surface area contributed by atoms with Gasteiger partial charge in [0.1, 0.15) is 5.69 Å². The second kappa shape index (κ2) is 7.74. The summed E-state index contributed by atoms with van der Waals surface area (Å²) in [6, 6.07) is 9.33. The number of nitrogens with one attached hydrogen (secondary N) is 1. The first kappa shape index (κ1) is 18.2. The molecule has 0 fully saturated rings. The lowest BCUT2D eigenvalue weighted by molar-refractivity contribution is 0.0689. The van der Waals surface area contributed by atoms with Crippen molar-refractivity contribution in [2.45, 2.75) is 19.9 Å². The molecule has 1 aromatic carbocycles. The maximum Gasteiger partial charge on any atom is 0.356 e. The molecule has 7 nitrogen and oxygen atoms in total. The van der Waals surface area contributed by atoms with Crippen LogP contribution >= 0.6 is 0 Å². The number of carbonyl (C=O) groups excluding carboxylic acids is 1. The Morgan fingerprint density at radius 1 is 0.963 bits per heavy atom. The highest BCUT2D eigenvalue weighted by atomic mass is 16.4. The summed E-state index contributed by atoms with van der Waals surface area (Å²) in [4.78, 5) is 35.3. The Morgan fingerprint density at radius 2 is 1.63 bits per heavy atom. The number of carboxylic acid groups (broad SMARTS) is 1. The number of carboxylic acids is 1. The molecule has 27 heavy (non-hydrogen) atoms. The molecule has 1 unspecified atom stereocenters. The number of carbonyl (C=O) groups is 2. The number of rotatable bonds is 5. The molecular formula is C20H18N4O3. The Balaban J connectivity index is 1.94. The molecule has 1 amide bonds. The highest BCUT2D eigenvalue weighted by molar-refractivity contribution is 5.93. The summed E-state index contributed by atoms with van der Waals surface area (Å²) in [5.41, 5.74) is 3.73. The Bertz CT molecular complexity index is 952. The molecule has 0 saturated heterocycles. The summed E-state index contributed by atoms with van der Waals surface area (Å²) in [6.45, 7) is 3.99. The van der Waals surface area contributed by atoms with Gasteiger partial charge in [-0.05, 0) is 31.0 Å². The summed E-state index contributed by atoms with van der Waals surface area (Å²) in [5, 5.41) is 11.8. The van der Waals surface area contributed by atoms with E-state index in [1.807, 2.05) is 32.0 Å². The first-order chi connectivity index (χ1) is 12.9. The Labute approximate surface area is 156 Å². The van der Waals surface area contributed by atoms with Crippen LogP contribution in [0.25, 0.3) is 0 Å². The minimum Gasteiger partial charge on any atom is -0.476 e. The lowest BCUT2D eigenvalue weighted by Crippen LogP contribution is -2.30. The third-order valence-corrected chi connectivity index (χ3v) is 3.97. The number of hydrogen-bond donors (Lipinski definition) is 2. The summed E-state index contributed by atoms with van der Waals surface area (Å²) in [5.74, 6) is -1.65. The predicted molar refractivity (Wildman–Crippen MR) is 98.5 cm³/mol. The largest absolute Gasteiger partial charge is 0.476 e. The third-order valence-electron chi connectivity index (χ3n) is 3.97. The fourth-order valence-electron chi connectivity index (χ4n) is 2.84. The molecule has 7 heteroatoms. The smallest absolute Gasteiger partial charge is 0.356 e. The Hall–Kier alpha value is -3.61. The van der Waals surface area contributed by atoms with Crippen molar-refractivity contribution >= 4 is 11.9 Å². The SMILES string of the molecule is Cc1cc(C)cc(C(NC(=O)c2cnc(C(=O)O)cn2)c2cccnc2)c1. The monoisotopic (exact) mass is 362 g/mol. The van der Waals surface area contributed by atoms with E-state index >= 15 is 0 Å². The van der Waals surface area contributed by atoms with Crippen LogP contribution in [0.1, 0.15) is 49.3 Å². The van der Waals surface area contributed by atoms with Gasteiger partial charge in [-0.3, -0.25) is 9.78 Å². The number of amides is 1. The summed E-state index contributed by atoms with van der Waals surface area (Å²) in [7, 11) is 0.